The van der Waals surface area contributed by atoms with E-state index in [2.05, 4.69) is 0 Å². The summed E-state index contributed by atoms with van der Waals surface area (Å²) in [6, 6.07) is 9.51. The fourth-order valence-electron chi connectivity index (χ4n) is 1.85. The normalized spacial score (nSPS) is 16.5. The SMILES string of the molecule is CN(C)CCOC(=O)CN1C(=O)/C(=C/c2ccccc2)SC1=S. The van der Waals surface area contributed by atoms with Crippen molar-refractivity contribution in [1.82, 2.24) is 9.80 Å². The molecule has 5 nitrogen and oxygen atoms in total. The summed E-state index contributed by atoms with van der Waals surface area (Å²) in [6.07, 6.45) is 1.77. The standard InChI is InChI=1S/C16H18N2O3S2/c1-17(2)8-9-21-14(19)11-18-15(20)13(23-16(18)22)10-12-6-4-3-5-7-12/h3-7,10H,8-9,11H2,1-2H3/b13-10-. The van der Waals surface area contributed by atoms with Gasteiger partial charge in [-0.2, -0.15) is 0 Å². The molecule has 122 valence electrons. The van der Waals surface area contributed by atoms with E-state index >= 15 is 0 Å². The van der Waals surface area contributed by atoms with Crippen LogP contribution in [0.5, 0.6) is 0 Å². The van der Waals surface area contributed by atoms with Gasteiger partial charge in [0.2, 0.25) is 0 Å². The van der Waals surface area contributed by atoms with E-state index in [0.717, 1.165) is 5.56 Å². The van der Waals surface area contributed by atoms with Crippen molar-refractivity contribution < 1.29 is 14.3 Å². The molecule has 0 aromatic heterocycles. The van der Waals surface area contributed by atoms with Gasteiger partial charge in [-0.3, -0.25) is 14.5 Å². The predicted octanol–water partition coefficient (Wildman–Crippen LogP) is 1.99. The molecule has 1 aliphatic heterocycles. The zero-order valence-electron chi connectivity index (χ0n) is 13.0. The zero-order valence-corrected chi connectivity index (χ0v) is 14.7. The van der Waals surface area contributed by atoms with Gasteiger partial charge in [-0.15, -0.1) is 0 Å². The monoisotopic (exact) mass is 350 g/mol. The summed E-state index contributed by atoms with van der Waals surface area (Å²) in [6.45, 7) is 0.781. The molecule has 0 unspecified atom stereocenters. The molecule has 1 heterocycles. The van der Waals surface area contributed by atoms with Gasteiger partial charge in [0.1, 0.15) is 17.5 Å². The molecule has 7 heteroatoms. The average molecular weight is 350 g/mol. The van der Waals surface area contributed by atoms with Gasteiger partial charge in [0, 0.05) is 6.54 Å². The summed E-state index contributed by atoms with van der Waals surface area (Å²) in [5, 5.41) is 0. The summed E-state index contributed by atoms with van der Waals surface area (Å²) in [5.74, 6) is -0.711. The number of likely N-dealkylation sites (N-methyl/N-ethyl adjacent to an activating group) is 1. The van der Waals surface area contributed by atoms with Crippen LogP contribution in [-0.4, -0.2) is 59.8 Å². The first-order chi connectivity index (χ1) is 11.0. The van der Waals surface area contributed by atoms with Crippen LogP contribution in [0.15, 0.2) is 35.2 Å². The summed E-state index contributed by atoms with van der Waals surface area (Å²) >= 11 is 6.39. The van der Waals surface area contributed by atoms with E-state index in [1.165, 1.54) is 16.7 Å². The molecule has 0 spiro atoms. The molecule has 0 atom stereocenters. The molecule has 0 radical (unpaired) electrons. The second kappa shape index (κ2) is 8.24. The van der Waals surface area contributed by atoms with E-state index in [9.17, 15) is 9.59 Å². The molecule has 0 saturated carbocycles. The Hall–Kier alpha value is -1.70. The van der Waals surface area contributed by atoms with Crippen LogP contribution < -0.4 is 0 Å². The molecule has 2 rings (SSSR count). The summed E-state index contributed by atoms with van der Waals surface area (Å²) < 4.78 is 5.48. The van der Waals surface area contributed by atoms with Crippen molar-refractivity contribution in [3.8, 4) is 0 Å². The Morgan fingerprint density at radius 1 is 1.35 bits per heavy atom. The van der Waals surface area contributed by atoms with Crippen LogP contribution in [0.2, 0.25) is 0 Å². The van der Waals surface area contributed by atoms with Crippen LogP contribution in [0.4, 0.5) is 0 Å². The third-order valence-corrected chi connectivity index (χ3v) is 4.44. The molecule has 1 aliphatic rings. The fraction of sp³-hybridized carbons (Fsp3) is 0.312. The van der Waals surface area contributed by atoms with E-state index in [1.54, 1.807) is 6.08 Å². The number of hydrogen-bond acceptors (Lipinski definition) is 6. The average Bonchev–Trinajstić information content (AvgIpc) is 2.75. The Morgan fingerprint density at radius 2 is 2.04 bits per heavy atom. The van der Waals surface area contributed by atoms with Crippen LogP contribution in [0.3, 0.4) is 0 Å². The number of rotatable bonds is 6. The van der Waals surface area contributed by atoms with E-state index in [-0.39, 0.29) is 12.5 Å². The molecular formula is C16H18N2O3S2. The van der Waals surface area contributed by atoms with Crippen molar-refractivity contribution in [2.45, 2.75) is 0 Å². The lowest BCUT2D eigenvalue weighted by atomic mass is 10.2. The number of ether oxygens (including phenoxy) is 1. The molecular weight excluding hydrogens is 332 g/mol. The molecule has 1 aromatic carbocycles. The van der Waals surface area contributed by atoms with Crippen molar-refractivity contribution in [2.24, 2.45) is 0 Å². The first kappa shape index (κ1) is 17.7. The molecule has 0 bridgehead atoms. The highest BCUT2D eigenvalue weighted by atomic mass is 32.2. The Bertz CT molecular complexity index is 629. The largest absolute Gasteiger partial charge is 0.463 e. The molecule has 0 aliphatic carbocycles. The fourth-order valence-corrected chi connectivity index (χ4v) is 3.11. The highest BCUT2D eigenvalue weighted by Gasteiger charge is 2.33. The predicted molar refractivity (Wildman–Crippen MR) is 95.8 cm³/mol. The first-order valence-corrected chi connectivity index (χ1v) is 8.30. The molecule has 0 N–H and O–H groups in total. The van der Waals surface area contributed by atoms with Gasteiger partial charge < -0.3 is 9.64 Å². The number of carbonyl (C=O) groups is 2. The van der Waals surface area contributed by atoms with Gasteiger partial charge in [-0.05, 0) is 25.7 Å². The van der Waals surface area contributed by atoms with Gasteiger partial charge in [0.15, 0.2) is 0 Å². The lowest BCUT2D eigenvalue weighted by Gasteiger charge is -2.14. The van der Waals surface area contributed by atoms with Crippen molar-refractivity contribution >= 4 is 46.3 Å². The topological polar surface area (TPSA) is 49.9 Å². The van der Waals surface area contributed by atoms with E-state index < -0.39 is 5.97 Å². The summed E-state index contributed by atoms with van der Waals surface area (Å²) in [5.41, 5.74) is 0.918. The Morgan fingerprint density at radius 3 is 2.70 bits per heavy atom. The minimum absolute atomic E-state index is 0.149. The number of benzene rings is 1. The van der Waals surface area contributed by atoms with Crippen LogP contribution in [0.1, 0.15) is 5.56 Å². The molecule has 1 amide bonds. The minimum Gasteiger partial charge on any atom is -0.463 e. The van der Waals surface area contributed by atoms with Gasteiger partial charge in [-0.25, -0.2) is 0 Å². The molecule has 1 fully saturated rings. The van der Waals surface area contributed by atoms with Gasteiger partial charge in [0.05, 0.1) is 4.91 Å². The highest BCUT2D eigenvalue weighted by Crippen LogP contribution is 2.32. The van der Waals surface area contributed by atoms with Crippen molar-refractivity contribution in [1.29, 1.82) is 0 Å². The Labute approximate surface area is 145 Å². The number of thioether (sulfide) groups is 1. The van der Waals surface area contributed by atoms with Gasteiger partial charge >= 0.3 is 5.97 Å². The lowest BCUT2D eigenvalue weighted by Crippen LogP contribution is -2.35. The van der Waals surface area contributed by atoms with E-state index in [1.807, 2.05) is 49.3 Å². The van der Waals surface area contributed by atoms with Crippen LogP contribution in [0.25, 0.3) is 6.08 Å². The molecule has 1 saturated heterocycles. The number of esters is 1. The van der Waals surface area contributed by atoms with Gasteiger partial charge in [-0.1, -0.05) is 54.3 Å². The van der Waals surface area contributed by atoms with Crippen molar-refractivity contribution in [3.63, 3.8) is 0 Å². The number of amides is 1. The molecule has 1 aromatic rings. The second-order valence-electron chi connectivity index (χ2n) is 5.20. The zero-order chi connectivity index (χ0) is 16.8. The summed E-state index contributed by atoms with van der Waals surface area (Å²) in [7, 11) is 3.79. The maximum Gasteiger partial charge on any atom is 0.326 e. The van der Waals surface area contributed by atoms with Crippen LogP contribution >= 0.6 is 24.0 Å². The first-order valence-electron chi connectivity index (χ1n) is 7.08. The second-order valence-corrected chi connectivity index (χ2v) is 6.88. The Kier molecular flexibility index (Phi) is 6.32. The van der Waals surface area contributed by atoms with Crippen molar-refractivity contribution in [2.75, 3.05) is 33.8 Å². The number of hydrogen-bond donors (Lipinski definition) is 0. The third kappa shape index (κ3) is 5.16. The Balaban J connectivity index is 1.96. The smallest absolute Gasteiger partial charge is 0.326 e. The maximum absolute atomic E-state index is 12.4. The summed E-state index contributed by atoms with van der Waals surface area (Å²) in [4.78, 5) is 27.9. The quantitative estimate of drug-likeness (QED) is 0.444. The van der Waals surface area contributed by atoms with Crippen LogP contribution in [-0.2, 0) is 14.3 Å². The number of nitrogens with zero attached hydrogens (tertiary/aromatic N) is 2. The van der Waals surface area contributed by atoms with E-state index in [0.29, 0.717) is 22.4 Å². The van der Waals surface area contributed by atoms with E-state index in [4.69, 9.17) is 17.0 Å². The maximum atomic E-state index is 12.4. The number of carbonyl (C=O) groups excluding carboxylic acids is 2. The van der Waals surface area contributed by atoms with Crippen LogP contribution in [0, 0.1) is 0 Å². The minimum atomic E-state index is -0.455. The highest BCUT2D eigenvalue weighted by molar-refractivity contribution is 8.26. The third-order valence-electron chi connectivity index (χ3n) is 3.06. The van der Waals surface area contributed by atoms with Gasteiger partial charge in [0.25, 0.3) is 5.91 Å². The molecule has 23 heavy (non-hydrogen) atoms. The lowest BCUT2D eigenvalue weighted by molar-refractivity contribution is -0.146. The van der Waals surface area contributed by atoms with Crippen molar-refractivity contribution in [3.05, 3.63) is 40.8 Å². The number of thiocarbonyl (C=S) groups is 1.